The van der Waals surface area contributed by atoms with E-state index in [0.717, 1.165) is 17.5 Å². The quantitative estimate of drug-likeness (QED) is 0.304. The normalized spacial score (nSPS) is 12.2. The van der Waals surface area contributed by atoms with E-state index in [1.54, 1.807) is 47.0 Å². The molecular weight excluding hydrogens is 502 g/mol. The maximum Gasteiger partial charge on any atom is 0.247 e. The Morgan fingerprint density at radius 2 is 1.74 bits per heavy atom. The predicted octanol–water partition coefficient (Wildman–Crippen LogP) is 5.17. The molecule has 1 heterocycles. The number of nitrogens with one attached hydrogen (secondary N) is 1. The van der Waals surface area contributed by atoms with Crippen LogP contribution in [0.15, 0.2) is 72.8 Å². The van der Waals surface area contributed by atoms with Crippen LogP contribution < -0.4 is 10.1 Å². The zero-order chi connectivity index (χ0) is 27.3. The number of ether oxygens (including phenoxy) is 1. The number of fused-ring (bicyclic) bond motifs is 1. The van der Waals surface area contributed by atoms with Gasteiger partial charge < -0.3 is 15.0 Å². The first-order chi connectivity index (χ1) is 18.2. The molecule has 0 saturated heterocycles. The molecule has 0 spiro atoms. The van der Waals surface area contributed by atoms with Gasteiger partial charge in [0, 0.05) is 17.1 Å². The average Bonchev–Trinajstić information content (AvgIpc) is 3.32. The van der Waals surface area contributed by atoms with Crippen molar-refractivity contribution in [3.63, 3.8) is 0 Å². The van der Waals surface area contributed by atoms with E-state index < -0.39 is 11.6 Å². The highest BCUT2D eigenvalue weighted by molar-refractivity contribution is 6.31. The van der Waals surface area contributed by atoms with E-state index in [4.69, 9.17) is 16.3 Å². The van der Waals surface area contributed by atoms with Gasteiger partial charge in [0.05, 0.1) is 12.6 Å². The summed E-state index contributed by atoms with van der Waals surface area (Å²) >= 11 is 6.51. The van der Waals surface area contributed by atoms with Crippen LogP contribution in [0.3, 0.4) is 0 Å². The number of benzene rings is 3. The van der Waals surface area contributed by atoms with Crippen LogP contribution in [0.4, 0.5) is 0 Å². The molecule has 4 rings (SSSR count). The Labute approximate surface area is 227 Å². The molecule has 1 aromatic heterocycles. The molecule has 0 radical (unpaired) electrons. The molecular formula is C29H32ClN5O3. The van der Waals surface area contributed by atoms with Crippen molar-refractivity contribution in [3.8, 4) is 5.75 Å². The Morgan fingerprint density at radius 1 is 1.05 bits per heavy atom. The summed E-state index contributed by atoms with van der Waals surface area (Å²) < 4.78 is 6.87. The molecule has 9 heteroatoms. The van der Waals surface area contributed by atoms with E-state index in [1.165, 1.54) is 0 Å². The molecule has 1 atom stereocenters. The molecule has 0 aliphatic heterocycles. The summed E-state index contributed by atoms with van der Waals surface area (Å²) in [7, 11) is 1.58. The Hall–Kier alpha value is -3.91. The summed E-state index contributed by atoms with van der Waals surface area (Å²) in [6.45, 7) is 5.95. The molecule has 198 valence electrons. The van der Waals surface area contributed by atoms with Gasteiger partial charge in [-0.15, -0.1) is 5.10 Å². The summed E-state index contributed by atoms with van der Waals surface area (Å²) in [5.41, 5.74) is 2.33. The first kappa shape index (κ1) is 27.1. The number of hydrogen-bond donors (Lipinski definition) is 1. The molecule has 3 aromatic carbocycles. The molecule has 0 bridgehead atoms. The fourth-order valence-corrected chi connectivity index (χ4v) is 4.33. The standard InChI is InChI=1S/C29H32ClN5O3/c1-5-29(2,3)31-28(37)27(20-14-16-22(38-4)17-15-20)34(18-21-10-6-7-11-23(21)30)26(36)19-35-25-13-9-8-12-24(25)32-33-35/h6-17,27H,5,18-19H2,1-4H3,(H,31,37)/t27-/m1/s1. The van der Waals surface area contributed by atoms with Gasteiger partial charge in [-0.25, -0.2) is 4.68 Å². The smallest absolute Gasteiger partial charge is 0.247 e. The molecule has 0 fully saturated rings. The lowest BCUT2D eigenvalue weighted by Crippen LogP contribution is -2.50. The van der Waals surface area contributed by atoms with Gasteiger partial charge in [-0.05, 0) is 61.7 Å². The topological polar surface area (TPSA) is 89.4 Å². The lowest BCUT2D eigenvalue weighted by molar-refractivity contribution is -0.143. The van der Waals surface area contributed by atoms with Crippen LogP contribution in [0.2, 0.25) is 5.02 Å². The second-order valence-electron chi connectivity index (χ2n) is 9.75. The second-order valence-corrected chi connectivity index (χ2v) is 10.2. The first-order valence-electron chi connectivity index (χ1n) is 12.5. The number of nitrogens with zero attached hydrogens (tertiary/aromatic N) is 4. The van der Waals surface area contributed by atoms with E-state index in [2.05, 4.69) is 15.6 Å². The number of hydrogen-bond acceptors (Lipinski definition) is 5. The zero-order valence-electron chi connectivity index (χ0n) is 22.0. The second kappa shape index (κ2) is 11.6. The van der Waals surface area contributed by atoms with Crippen molar-refractivity contribution >= 4 is 34.4 Å². The molecule has 0 aliphatic rings. The Balaban J connectivity index is 1.78. The number of methoxy groups -OCH3 is 1. The first-order valence-corrected chi connectivity index (χ1v) is 12.9. The third-order valence-electron chi connectivity index (χ3n) is 6.66. The van der Waals surface area contributed by atoms with Crippen molar-refractivity contribution in [1.82, 2.24) is 25.2 Å². The van der Waals surface area contributed by atoms with Crippen LogP contribution in [0.1, 0.15) is 44.4 Å². The molecule has 0 unspecified atom stereocenters. The van der Waals surface area contributed by atoms with Crippen LogP contribution in [0.5, 0.6) is 5.75 Å². The van der Waals surface area contributed by atoms with Crippen LogP contribution in [0.25, 0.3) is 11.0 Å². The van der Waals surface area contributed by atoms with Crippen molar-refractivity contribution in [3.05, 3.63) is 88.9 Å². The van der Waals surface area contributed by atoms with Gasteiger partial charge in [0.15, 0.2) is 0 Å². The molecule has 8 nitrogen and oxygen atoms in total. The van der Waals surface area contributed by atoms with Crippen molar-refractivity contribution in [2.24, 2.45) is 0 Å². The number of carbonyl (C=O) groups is 2. The van der Waals surface area contributed by atoms with Crippen molar-refractivity contribution in [2.75, 3.05) is 7.11 Å². The number of para-hydroxylation sites is 1. The number of carbonyl (C=O) groups excluding carboxylic acids is 2. The SMILES string of the molecule is CCC(C)(C)NC(=O)[C@@H](c1ccc(OC)cc1)N(Cc1ccccc1Cl)C(=O)Cn1nnc2ccccc21. The summed E-state index contributed by atoms with van der Waals surface area (Å²) in [6.07, 6.45) is 0.720. The van der Waals surface area contributed by atoms with Gasteiger partial charge in [-0.3, -0.25) is 9.59 Å². The number of amides is 2. The fraction of sp³-hybridized carbons (Fsp3) is 0.310. The molecule has 2 amide bonds. The molecule has 0 aliphatic carbocycles. The maximum absolute atomic E-state index is 14.0. The van der Waals surface area contributed by atoms with Crippen LogP contribution in [0, 0.1) is 0 Å². The lowest BCUT2D eigenvalue weighted by atomic mass is 9.98. The molecule has 0 saturated carbocycles. The highest BCUT2D eigenvalue weighted by Crippen LogP contribution is 2.29. The zero-order valence-corrected chi connectivity index (χ0v) is 22.8. The highest BCUT2D eigenvalue weighted by atomic mass is 35.5. The van der Waals surface area contributed by atoms with Crippen LogP contribution in [-0.2, 0) is 22.7 Å². The highest BCUT2D eigenvalue weighted by Gasteiger charge is 2.34. The minimum Gasteiger partial charge on any atom is -0.497 e. The minimum atomic E-state index is -0.926. The van der Waals surface area contributed by atoms with Crippen molar-refractivity contribution in [2.45, 2.75) is 51.9 Å². The van der Waals surface area contributed by atoms with Gasteiger partial charge in [0.2, 0.25) is 11.8 Å². The molecule has 1 N–H and O–H groups in total. The number of halogens is 1. The van der Waals surface area contributed by atoms with Crippen molar-refractivity contribution < 1.29 is 14.3 Å². The number of aromatic nitrogens is 3. The summed E-state index contributed by atoms with van der Waals surface area (Å²) in [5, 5.41) is 12.0. The summed E-state index contributed by atoms with van der Waals surface area (Å²) in [5.74, 6) is 0.0663. The largest absolute Gasteiger partial charge is 0.497 e. The Kier molecular flexibility index (Phi) is 8.32. The van der Waals surface area contributed by atoms with Gasteiger partial charge in [-0.1, -0.05) is 66.2 Å². The van der Waals surface area contributed by atoms with E-state index in [-0.39, 0.29) is 24.9 Å². The number of rotatable bonds is 10. The predicted molar refractivity (Wildman–Crippen MR) is 148 cm³/mol. The third kappa shape index (κ3) is 6.14. The summed E-state index contributed by atoms with van der Waals surface area (Å²) in [4.78, 5) is 29.5. The third-order valence-corrected chi connectivity index (χ3v) is 7.03. The monoisotopic (exact) mass is 533 g/mol. The average molecular weight is 534 g/mol. The van der Waals surface area contributed by atoms with E-state index in [0.29, 0.717) is 21.9 Å². The van der Waals surface area contributed by atoms with Crippen LogP contribution in [-0.4, -0.2) is 44.4 Å². The van der Waals surface area contributed by atoms with E-state index >= 15 is 0 Å². The lowest BCUT2D eigenvalue weighted by Gasteiger charge is -2.35. The molecule has 4 aromatic rings. The van der Waals surface area contributed by atoms with Gasteiger partial charge in [0.1, 0.15) is 23.9 Å². The minimum absolute atomic E-state index is 0.0952. The van der Waals surface area contributed by atoms with Crippen molar-refractivity contribution in [1.29, 1.82) is 0 Å². The Bertz CT molecular complexity index is 1420. The van der Waals surface area contributed by atoms with Gasteiger partial charge in [0.25, 0.3) is 0 Å². The Morgan fingerprint density at radius 3 is 2.42 bits per heavy atom. The maximum atomic E-state index is 14.0. The van der Waals surface area contributed by atoms with E-state index in [9.17, 15) is 9.59 Å². The fourth-order valence-electron chi connectivity index (χ4n) is 4.14. The van der Waals surface area contributed by atoms with Gasteiger partial charge in [-0.2, -0.15) is 0 Å². The van der Waals surface area contributed by atoms with E-state index in [1.807, 2.05) is 63.2 Å². The van der Waals surface area contributed by atoms with Gasteiger partial charge >= 0.3 is 0 Å². The molecule has 38 heavy (non-hydrogen) atoms. The summed E-state index contributed by atoms with van der Waals surface area (Å²) in [6, 6.07) is 21.0. The van der Waals surface area contributed by atoms with Crippen LogP contribution >= 0.6 is 11.6 Å².